The molecule has 0 aromatic heterocycles. The first kappa shape index (κ1) is 17.3. The number of nitriles is 1. The average Bonchev–Trinajstić information content (AvgIpc) is 2.66. The summed E-state index contributed by atoms with van der Waals surface area (Å²) in [5, 5.41) is 9.56. The van der Waals surface area contributed by atoms with Crippen molar-refractivity contribution in [1.29, 1.82) is 5.26 Å². The number of hydrogen-bond donors (Lipinski definition) is 0. The van der Waals surface area contributed by atoms with Crippen molar-refractivity contribution in [1.82, 2.24) is 0 Å². The molecule has 2 nitrogen and oxygen atoms in total. The van der Waals surface area contributed by atoms with Gasteiger partial charge in [0.2, 0.25) is 0 Å². The van der Waals surface area contributed by atoms with Crippen LogP contribution in [-0.2, 0) is 5.41 Å². The minimum atomic E-state index is 0.323. The lowest BCUT2D eigenvalue weighted by Crippen LogP contribution is -2.43. The van der Waals surface area contributed by atoms with Crippen LogP contribution in [0, 0.1) is 16.7 Å². The first-order valence-electron chi connectivity index (χ1n) is 9.84. The molecule has 3 aliphatic carbocycles. The van der Waals surface area contributed by atoms with Gasteiger partial charge in [0.15, 0.2) is 0 Å². The lowest BCUT2D eigenvalue weighted by Gasteiger charge is -2.54. The quantitative estimate of drug-likeness (QED) is 0.565. The zero-order chi connectivity index (χ0) is 17.0. The molecule has 0 amide bonds. The molecule has 0 N–H and O–H groups in total. The molecule has 1 aromatic rings. The van der Waals surface area contributed by atoms with E-state index in [0.717, 1.165) is 17.7 Å². The molecule has 0 heterocycles. The van der Waals surface area contributed by atoms with Crippen LogP contribution in [-0.4, -0.2) is 6.61 Å². The fourth-order valence-corrected chi connectivity index (χ4v) is 4.83. The fourth-order valence-electron chi connectivity index (χ4n) is 4.83. The van der Waals surface area contributed by atoms with Gasteiger partial charge in [-0.1, -0.05) is 39.2 Å². The Morgan fingerprint density at radius 2 is 1.75 bits per heavy atom. The largest absolute Gasteiger partial charge is 0.492 e. The van der Waals surface area contributed by atoms with Gasteiger partial charge in [-0.25, -0.2) is 0 Å². The number of hydrogen-bond acceptors (Lipinski definition) is 2. The van der Waals surface area contributed by atoms with Crippen LogP contribution in [0.4, 0.5) is 0 Å². The van der Waals surface area contributed by atoms with Crippen LogP contribution >= 0.6 is 0 Å². The number of ether oxygens (including phenoxy) is 1. The first-order chi connectivity index (χ1) is 11.7. The van der Waals surface area contributed by atoms with Gasteiger partial charge < -0.3 is 4.74 Å². The monoisotopic (exact) mass is 325 g/mol. The van der Waals surface area contributed by atoms with Crippen LogP contribution < -0.4 is 4.74 Å². The molecule has 4 rings (SSSR count). The summed E-state index contributed by atoms with van der Waals surface area (Å²) < 4.78 is 5.86. The van der Waals surface area contributed by atoms with Gasteiger partial charge in [0, 0.05) is 0 Å². The topological polar surface area (TPSA) is 33.0 Å². The number of benzene rings is 1. The molecule has 0 unspecified atom stereocenters. The van der Waals surface area contributed by atoms with Crippen LogP contribution in [0.1, 0.15) is 89.2 Å². The maximum absolute atomic E-state index is 9.56. The molecule has 0 radical (unpaired) electrons. The van der Waals surface area contributed by atoms with E-state index >= 15 is 0 Å². The number of rotatable bonds is 7. The van der Waals surface area contributed by atoms with Gasteiger partial charge in [-0.2, -0.15) is 5.26 Å². The number of fused-ring (bicyclic) bond motifs is 3. The van der Waals surface area contributed by atoms with Gasteiger partial charge in [0.1, 0.15) is 11.8 Å². The summed E-state index contributed by atoms with van der Waals surface area (Å²) in [5.41, 5.74) is 3.05. The normalized spacial score (nSPS) is 28.5. The standard InChI is InChI=1S/C22H31NO/c1-3-5-6-15-24-20-8-7-19(16-18(20)17-23)22-12-9-21(4-2,10-13-22)11-14-22/h7-8,16H,3-6,9-15H2,1-2H3. The highest BCUT2D eigenvalue weighted by atomic mass is 16.5. The Hall–Kier alpha value is -1.49. The maximum atomic E-state index is 9.56. The summed E-state index contributed by atoms with van der Waals surface area (Å²) in [4.78, 5) is 0. The van der Waals surface area contributed by atoms with Gasteiger partial charge in [-0.15, -0.1) is 0 Å². The van der Waals surface area contributed by atoms with Crippen LogP contribution in [0.25, 0.3) is 0 Å². The summed E-state index contributed by atoms with van der Waals surface area (Å²) in [6.45, 7) is 5.26. The zero-order valence-corrected chi connectivity index (χ0v) is 15.4. The predicted molar refractivity (Wildman–Crippen MR) is 98.3 cm³/mol. The molecule has 2 heteroatoms. The molecule has 0 spiro atoms. The third-order valence-corrected chi connectivity index (χ3v) is 6.87. The summed E-state index contributed by atoms with van der Waals surface area (Å²) in [6.07, 6.45) is 12.7. The second kappa shape index (κ2) is 7.18. The van der Waals surface area contributed by atoms with Crippen molar-refractivity contribution in [2.75, 3.05) is 6.61 Å². The highest BCUT2D eigenvalue weighted by molar-refractivity contribution is 5.47. The Morgan fingerprint density at radius 1 is 1.04 bits per heavy atom. The molecule has 3 fully saturated rings. The minimum absolute atomic E-state index is 0.323. The van der Waals surface area contributed by atoms with Crippen molar-refractivity contribution in [2.45, 2.75) is 83.5 Å². The van der Waals surface area contributed by atoms with E-state index in [2.05, 4.69) is 32.0 Å². The summed E-state index contributed by atoms with van der Waals surface area (Å²) >= 11 is 0. The SMILES string of the molecule is CCCCCOc1ccc(C23CCC(CC)(CC2)CC3)cc1C#N. The zero-order valence-electron chi connectivity index (χ0n) is 15.4. The molecule has 0 saturated heterocycles. The average molecular weight is 325 g/mol. The van der Waals surface area contributed by atoms with E-state index in [1.54, 1.807) is 0 Å². The Balaban J connectivity index is 1.75. The van der Waals surface area contributed by atoms with Gasteiger partial charge in [0.25, 0.3) is 0 Å². The molecule has 1 aromatic carbocycles. The van der Waals surface area contributed by atoms with Gasteiger partial charge in [-0.05, 0) is 73.5 Å². The molecule has 0 atom stereocenters. The van der Waals surface area contributed by atoms with E-state index in [0.29, 0.717) is 17.4 Å². The summed E-state index contributed by atoms with van der Waals surface area (Å²) in [6, 6.07) is 8.77. The van der Waals surface area contributed by atoms with E-state index in [1.807, 2.05) is 6.07 Å². The third-order valence-electron chi connectivity index (χ3n) is 6.87. The Labute approximate surface area is 147 Å². The summed E-state index contributed by atoms with van der Waals surface area (Å²) in [5.74, 6) is 0.767. The Morgan fingerprint density at radius 3 is 2.33 bits per heavy atom. The van der Waals surface area contributed by atoms with Crippen LogP contribution in [0.2, 0.25) is 0 Å². The van der Waals surface area contributed by atoms with Crippen molar-refractivity contribution < 1.29 is 4.74 Å². The maximum Gasteiger partial charge on any atom is 0.137 e. The molecule has 0 aliphatic heterocycles. The van der Waals surface area contributed by atoms with E-state index in [-0.39, 0.29) is 0 Å². The smallest absolute Gasteiger partial charge is 0.137 e. The van der Waals surface area contributed by atoms with Gasteiger partial charge in [0.05, 0.1) is 12.2 Å². The third kappa shape index (κ3) is 3.18. The van der Waals surface area contributed by atoms with Crippen LogP contribution in [0.5, 0.6) is 5.75 Å². The number of unbranched alkanes of at least 4 members (excludes halogenated alkanes) is 2. The van der Waals surface area contributed by atoms with E-state index in [9.17, 15) is 5.26 Å². The molecule has 2 bridgehead atoms. The van der Waals surface area contributed by atoms with E-state index in [4.69, 9.17) is 4.74 Å². The lowest BCUT2D eigenvalue weighted by molar-refractivity contribution is 0.0366. The molecular formula is C22H31NO. The molecule has 130 valence electrons. The van der Waals surface area contributed by atoms with Crippen molar-refractivity contribution in [3.63, 3.8) is 0 Å². The number of nitrogens with zero attached hydrogens (tertiary/aromatic N) is 1. The minimum Gasteiger partial charge on any atom is -0.492 e. The molecule has 3 saturated carbocycles. The van der Waals surface area contributed by atoms with Crippen molar-refractivity contribution in [2.24, 2.45) is 5.41 Å². The molecular weight excluding hydrogens is 294 g/mol. The van der Waals surface area contributed by atoms with Crippen molar-refractivity contribution >= 4 is 0 Å². The van der Waals surface area contributed by atoms with Crippen molar-refractivity contribution in [3.05, 3.63) is 29.3 Å². The second-order valence-electron chi connectivity index (χ2n) is 8.01. The van der Waals surface area contributed by atoms with Crippen LogP contribution in [0.15, 0.2) is 18.2 Å². The molecule has 24 heavy (non-hydrogen) atoms. The highest BCUT2D eigenvalue weighted by Crippen LogP contribution is 2.59. The molecule has 3 aliphatic rings. The first-order valence-corrected chi connectivity index (χ1v) is 9.84. The fraction of sp³-hybridized carbons (Fsp3) is 0.682. The Kier molecular flexibility index (Phi) is 5.18. The van der Waals surface area contributed by atoms with Crippen molar-refractivity contribution in [3.8, 4) is 11.8 Å². The summed E-state index contributed by atoms with van der Waals surface area (Å²) in [7, 11) is 0. The van der Waals surface area contributed by atoms with E-state index < -0.39 is 0 Å². The van der Waals surface area contributed by atoms with E-state index in [1.165, 1.54) is 63.4 Å². The Bertz CT molecular complexity index is 588. The predicted octanol–water partition coefficient (Wildman–Crippen LogP) is 6.13. The highest BCUT2D eigenvalue weighted by Gasteiger charge is 2.48. The lowest BCUT2D eigenvalue weighted by atomic mass is 9.51. The second-order valence-corrected chi connectivity index (χ2v) is 8.01. The van der Waals surface area contributed by atoms with Gasteiger partial charge in [-0.3, -0.25) is 0 Å². The van der Waals surface area contributed by atoms with Crippen LogP contribution in [0.3, 0.4) is 0 Å². The van der Waals surface area contributed by atoms with Gasteiger partial charge >= 0.3 is 0 Å².